The molecule has 19 heavy (non-hydrogen) atoms. The lowest BCUT2D eigenvalue weighted by Crippen LogP contribution is -2.28. The molecule has 1 aromatic rings. The second kappa shape index (κ2) is 9.13. The molecule has 1 N–H and O–H groups in total. The largest absolute Gasteiger partial charge is 0.360 e. The third-order valence-corrected chi connectivity index (χ3v) is 4.16. The summed E-state index contributed by atoms with van der Waals surface area (Å²) in [5.41, 5.74) is 0. The fourth-order valence-electron chi connectivity index (χ4n) is 2.95. The molecule has 1 aliphatic rings. The van der Waals surface area contributed by atoms with Crippen molar-refractivity contribution >= 4 is 0 Å². The van der Waals surface area contributed by atoms with Crippen LogP contribution in [0.25, 0.3) is 0 Å². The summed E-state index contributed by atoms with van der Waals surface area (Å²) in [6, 6.07) is 2.60. The highest BCUT2D eigenvalue weighted by atomic mass is 16.5. The second-order valence-corrected chi connectivity index (χ2v) is 5.82. The molecule has 0 bridgehead atoms. The Balaban J connectivity index is 1.71. The van der Waals surface area contributed by atoms with E-state index in [2.05, 4.69) is 10.5 Å². The third kappa shape index (κ3) is 6.24. The van der Waals surface area contributed by atoms with Crippen LogP contribution in [0, 0.1) is 0 Å². The van der Waals surface area contributed by atoms with Crippen LogP contribution in [0.15, 0.2) is 16.8 Å². The molecule has 0 atom stereocenters. The molecule has 1 fully saturated rings. The Morgan fingerprint density at radius 3 is 2.05 bits per heavy atom. The first kappa shape index (κ1) is 14.6. The summed E-state index contributed by atoms with van der Waals surface area (Å²) < 4.78 is 5.15. The molecule has 0 unspecified atom stereocenters. The van der Waals surface area contributed by atoms with E-state index in [1.807, 2.05) is 6.07 Å². The molecule has 3 nitrogen and oxygen atoms in total. The first-order valence-corrected chi connectivity index (χ1v) is 8.08. The first-order valence-electron chi connectivity index (χ1n) is 8.08. The SMILES string of the molecule is c1cc(CNC2CCCCCCCCCCC2)on1. The van der Waals surface area contributed by atoms with Gasteiger partial charge < -0.3 is 9.84 Å². The van der Waals surface area contributed by atoms with E-state index in [-0.39, 0.29) is 0 Å². The van der Waals surface area contributed by atoms with Crippen LogP contribution in [-0.2, 0) is 6.54 Å². The van der Waals surface area contributed by atoms with Crippen molar-refractivity contribution in [1.82, 2.24) is 10.5 Å². The molecule has 0 saturated heterocycles. The molecule has 1 heterocycles. The van der Waals surface area contributed by atoms with Crippen LogP contribution in [0.1, 0.15) is 76.4 Å². The van der Waals surface area contributed by atoms with E-state index in [1.54, 1.807) is 6.20 Å². The van der Waals surface area contributed by atoms with Gasteiger partial charge in [0.05, 0.1) is 12.7 Å². The predicted octanol–water partition coefficient (Wildman–Crippen LogP) is 4.44. The van der Waals surface area contributed by atoms with Crippen molar-refractivity contribution in [3.8, 4) is 0 Å². The Morgan fingerprint density at radius 1 is 0.947 bits per heavy atom. The van der Waals surface area contributed by atoms with E-state index in [0.29, 0.717) is 6.04 Å². The van der Waals surface area contributed by atoms with Crippen LogP contribution >= 0.6 is 0 Å². The van der Waals surface area contributed by atoms with E-state index in [1.165, 1.54) is 70.6 Å². The number of nitrogens with one attached hydrogen (secondary N) is 1. The van der Waals surface area contributed by atoms with Crippen LogP contribution in [0.3, 0.4) is 0 Å². The van der Waals surface area contributed by atoms with Crippen molar-refractivity contribution in [1.29, 1.82) is 0 Å². The fourth-order valence-corrected chi connectivity index (χ4v) is 2.95. The quantitative estimate of drug-likeness (QED) is 0.877. The third-order valence-electron chi connectivity index (χ3n) is 4.16. The van der Waals surface area contributed by atoms with E-state index < -0.39 is 0 Å². The molecular weight excluding hydrogens is 236 g/mol. The highest BCUT2D eigenvalue weighted by Gasteiger charge is 2.09. The minimum atomic E-state index is 0.657. The summed E-state index contributed by atoms with van der Waals surface area (Å²) in [5, 5.41) is 7.40. The maximum Gasteiger partial charge on any atom is 0.150 e. The van der Waals surface area contributed by atoms with Gasteiger partial charge in [-0.25, -0.2) is 0 Å². The van der Waals surface area contributed by atoms with Crippen LogP contribution < -0.4 is 5.32 Å². The lowest BCUT2D eigenvalue weighted by atomic mass is 9.98. The molecule has 0 amide bonds. The van der Waals surface area contributed by atoms with Crippen LogP contribution in [0.5, 0.6) is 0 Å². The molecular formula is C16H28N2O. The van der Waals surface area contributed by atoms with Gasteiger partial charge in [0.1, 0.15) is 5.76 Å². The molecule has 0 aliphatic heterocycles. The average Bonchev–Trinajstić information content (AvgIpc) is 2.91. The molecule has 1 saturated carbocycles. The summed E-state index contributed by atoms with van der Waals surface area (Å²) in [6.07, 6.45) is 17.1. The summed E-state index contributed by atoms with van der Waals surface area (Å²) in [4.78, 5) is 0. The standard InChI is InChI=1S/C16H28N2O/c1-2-4-6-8-10-15(11-9-7-5-3-1)17-14-16-12-13-18-19-16/h12-13,15,17H,1-11,14H2. The molecule has 1 aromatic heterocycles. The Labute approximate surface area is 117 Å². The van der Waals surface area contributed by atoms with Crippen molar-refractivity contribution in [2.24, 2.45) is 0 Å². The summed E-state index contributed by atoms with van der Waals surface area (Å²) in [5.74, 6) is 0.950. The smallest absolute Gasteiger partial charge is 0.150 e. The van der Waals surface area contributed by atoms with Gasteiger partial charge in [-0.15, -0.1) is 0 Å². The van der Waals surface area contributed by atoms with Gasteiger partial charge in [-0.3, -0.25) is 0 Å². The normalized spacial score (nSPS) is 20.6. The maximum absolute atomic E-state index is 5.15. The van der Waals surface area contributed by atoms with Gasteiger partial charge in [0.15, 0.2) is 0 Å². The number of nitrogens with zero attached hydrogens (tertiary/aromatic N) is 1. The molecule has 108 valence electrons. The number of hydrogen-bond acceptors (Lipinski definition) is 3. The zero-order chi connectivity index (χ0) is 13.2. The van der Waals surface area contributed by atoms with Crippen LogP contribution in [0.2, 0.25) is 0 Å². The van der Waals surface area contributed by atoms with Crippen molar-refractivity contribution in [3.63, 3.8) is 0 Å². The minimum Gasteiger partial charge on any atom is -0.360 e. The van der Waals surface area contributed by atoms with Gasteiger partial charge in [0.2, 0.25) is 0 Å². The lowest BCUT2D eigenvalue weighted by molar-refractivity contribution is 0.345. The molecule has 0 radical (unpaired) electrons. The number of aromatic nitrogens is 1. The second-order valence-electron chi connectivity index (χ2n) is 5.82. The predicted molar refractivity (Wildman–Crippen MR) is 77.9 cm³/mol. The number of hydrogen-bond donors (Lipinski definition) is 1. The summed E-state index contributed by atoms with van der Waals surface area (Å²) >= 11 is 0. The van der Waals surface area contributed by atoms with E-state index >= 15 is 0 Å². The Bertz CT molecular complexity index is 299. The molecule has 3 heteroatoms. The van der Waals surface area contributed by atoms with E-state index in [9.17, 15) is 0 Å². The van der Waals surface area contributed by atoms with E-state index in [0.717, 1.165) is 12.3 Å². The Kier molecular flexibility index (Phi) is 7.01. The van der Waals surface area contributed by atoms with Gasteiger partial charge in [-0.05, 0) is 12.8 Å². The monoisotopic (exact) mass is 264 g/mol. The first-order chi connectivity index (χ1) is 9.45. The van der Waals surface area contributed by atoms with Crippen molar-refractivity contribution in [2.45, 2.75) is 83.2 Å². The average molecular weight is 264 g/mol. The number of rotatable bonds is 3. The van der Waals surface area contributed by atoms with Gasteiger partial charge >= 0.3 is 0 Å². The zero-order valence-electron chi connectivity index (χ0n) is 12.1. The summed E-state index contributed by atoms with van der Waals surface area (Å²) in [7, 11) is 0. The summed E-state index contributed by atoms with van der Waals surface area (Å²) in [6.45, 7) is 0.824. The maximum atomic E-state index is 5.15. The molecule has 0 spiro atoms. The van der Waals surface area contributed by atoms with Gasteiger partial charge in [-0.1, -0.05) is 62.9 Å². The Hall–Kier alpha value is -0.830. The molecule has 2 rings (SSSR count). The topological polar surface area (TPSA) is 38.1 Å². The highest BCUT2D eigenvalue weighted by molar-refractivity contribution is 4.92. The molecule has 1 aliphatic carbocycles. The zero-order valence-corrected chi connectivity index (χ0v) is 12.1. The lowest BCUT2D eigenvalue weighted by Gasteiger charge is -2.18. The van der Waals surface area contributed by atoms with Gasteiger partial charge in [-0.2, -0.15) is 0 Å². The highest BCUT2D eigenvalue weighted by Crippen LogP contribution is 2.17. The Morgan fingerprint density at radius 2 is 1.53 bits per heavy atom. The fraction of sp³-hybridized carbons (Fsp3) is 0.812. The van der Waals surface area contributed by atoms with Crippen molar-refractivity contribution in [2.75, 3.05) is 0 Å². The van der Waals surface area contributed by atoms with E-state index in [4.69, 9.17) is 4.52 Å². The van der Waals surface area contributed by atoms with Crippen LogP contribution in [-0.4, -0.2) is 11.2 Å². The van der Waals surface area contributed by atoms with Crippen LogP contribution in [0.4, 0.5) is 0 Å². The van der Waals surface area contributed by atoms with Crippen molar-refractivity contribution in [3.05, 3.63) is 18.0 Å². The van der Waals surface area contributed by atoms with Crippen molar-refractivity contribution < 1.29 is 4.52 Å². The molecule has 0 aromatic carbocycles. The van der Waals surface area contributed by atoms with Gasteiger partial charge in [0.25, 0.3) is 0 Å². The minimum absolute atomic E-state index is 0.657. The van der Waals surface area contributed by atoms with Gasteiger partial charge in [0, 0.05) is 12.1 Å².